The van der Waals surface area contributed by atoms with E-state index in [-0.39, 0.29) is 0 Å². The van der Waals surface area contributed by atoms with Gasteiger partial charge < -0.3 is 10.7 Å². The number of nitrogens with two attached hydrogens (primary N) is 1. The summed E-state index contributed by atoms with van der Waals surface area (Å²) in [6, 6.07) is 8.35. The van der Waals surface area contributed by atoms with Crippen molar-refractivity contribution in [3.8, 4) is 11.3 Å². The summed E-state index contributed by atoms with van der Waals surface area (Å²) in [7, 11) is 0. The van der Waals surface area contributed by atoms with Crippen molar-refractivity contribution in [3.63, 3.8) is 0 Å². The van der Waals surface area contributed by atoms with Crippen LogP contribution < -0.4 is 5.73 Å². The van der Waals surface area contributed by atoms with Gasteiger partial charge in [0.2, 0.25) is 5.95 Å². The number of hydrogen-bond donors (Lipinski definition) is 2. The van der Waals surface area contributed by atoms with E-state index in [1.807, 2.05) is 12.3 Å². The first-order valence-corrected chi connectivity index (χ1v) is 6.54. The lowest BCUT2D eigenvalue weighted by Gasteiger charge is -2.06. The number of aromatic amines is 1. The fourth-order valence-electron chi connectivity index (χ4n) is 2.93. The minimum absolute atomic E-state index is 0.344. The molecule has 0 saturated heterocycles. The highest BCUT2D eigenvalue weighted by molar-refractivity contribution is 5.97. The molecule has 1 aliphatic rings. The Morgan fingerprint density at radius 3 is 3.00 bits per heavy atom. The van der Waals surface area contributed by atoms with E-state index >= 15 is 0 Å². The molecular weight excluding hydrogens is 236 g/mol. The maximum absolute atomic E-state index is 5.77. The van der Waals surface area contributed by atoms with Crippen LogP contribution in [0.25, 0.3) is 22.2 Å². The average molecular weight is 250 g/mol. The summed E-state index contributed by atoms with van der Waals surface area (Å²) >= 11 is 0. The van der Waals surface area contributed by atoms with Crippen LogP contribution in [0.2, 0.25) is 0 Å². The predicted molar refractivity (Wildman–Crippen MR) is 75.8 cm³/mol. The molecule has 0 fully saturated rings. The molecule has 4 nitrogen and oxygen atoms in total. The zero-order valence-electron chi connectivity index (χ0n) is 10.5. The molecule has 0 atom stereocenters. The lowest BCUT2D eigenvalue weighted by atomic mass is 10.0. The number of H-pyrrole nitrogens is 1. The number of para-hydroxylation sites is 1. The molecule has 0 bridgehead atoms. The Kier molecular flexibility index (Phi) is 2.12. The minimum atomic E-state index is 0.344. The monoisotopic (exact) mass is 250 g/mol. The molecule has 1 aliphatic carbocycles. The molecule has 1 aromatic carbocycles. The molecule has 0 aliphatic heterocycles. The largest absolute Gasteiger partial charge is 0.368 e. The third-order valence-corrected chi connectivity index (χ3v) is 3.78. The second kappa shape index (κ2) is 3.82. The van der Waals surface area contributed by atoms with Gasteiger partial charge in [0.25, 0.3) is 0 Å². The second-order valence-corrected chi connectivity index (χ2v) is 4.98. The van der Waals surface area contributed by atoms with E-state index in [0.717, 1.165) is 30.5 Å². The molecule has 0 amide bonds. The number of fused-ring (bicyclic) bond motifs is 5. The van der Waals surface area contributed by atoms with E-state index in [2.05, 4.69) is 33.2 Å². The zero-order valence-corrected chi connectivity index (χ0v) is 10.5. The molecule has 4 rings (SSSR count). The number of nitrogens with one attached hydrogen (secondary N) is 1. The number of benzene rings is 1. The van der Waals surface area contributed by atoms with Crippen LogP contribution in [0.4, 0.5) is 5.95 Å². The molecule has 2 heterocycles. The molecule has 4 heteroatoms. The van der Waals surface area contributed by atoms with Crippen molar-refractivity contribution in [2.24, 2.45) is 0 Å². The van der Waals surface area contributed by atoms with Crippen molar-refractivity contribution in [1.29, 1.82) is 0 Å². The number of nitrogen functional groups attached to an aromatic ring is 1. The Hall–Kier alpha value is -2.36. The van der Waals surface area contributed by atoms with Gasteiger partial charge in [0, 0.05) is 28.4 Å². The normalized spacial score (nSPS) is 13.9. The summed E-state index contributed by atoms with van der Waals surface area (Å²) in [5.41, 5.74) is 11.6. The van der Waals surface area contributed by atoms with Crippen molar-refractivity contribution >= 4 is 16.9 Å². The summed E-state index contributed by atoms with van der Waals surface area (Å²) in [5, 5.41) is 1.22. The lowest BCUT2D eigenvalue weighted by molar-refractivity contribution is 0.815. The van der Waals surface area contributed by atoms with Gasteiger partial charge in [-0.25, -0.2) is 9.97 Å². The van der Waals surface area contributed by atoms with E-state index in [1.54, 1.807) is 0 Å². The molecule has 0 radical (unpaired) electrons. The van der Waals surface area contributed by atoms with Crippen molar-refractivity contribution in [2.75, 3.05) is 5.73 Å². The molecule has 3 aromatic rings. The fourth-order valence-corrected chi connectivity index (χ4v) is 2.93. The maximum Gasteiger partial charge on any atom is 0.220 e. The van der Waals surface area contributed by atoms with Crippen molar-refractivity contribution in [2.45, 2.75) is 19.3 Å². The summed E-state index contributed by atoms with van der Waals surface area (Å²) in [6.07, 6.45) is 5.03. The molecule has 3 N–H and O–H groups in total. The third-order valence-electron chi connectivity index (χ3n) is 3.78. The van der Waals surface area contributed by atoms with Gasteiger partial charge in [-0.3, -0.25) is 0 Å². The van der Waals surface area contributed by atoms with E-state index < -0.39 is 0 Å². The highest BCUT2D eigenvalue weighted by Crippen LogP contribution is 2.36. The molecule has 0 unspecified atom stereocenters. The Balaban J connectivity index is 2.12. The number of hydrogen-bond acceptors (Lipinski definition) is 3. The van der Waals surface area contributed by atoms with E-state index in [4.69, 9.17) is 5.73 Å². The highest BCUT2D eigenvalue weighted by atomic mass is 15.0. The minimum Gasteiger partial charge on any atom is -0.368 e. The average Bonchev–Trinajstić information content (AvgIpc) is 2.69. The Bertz CT molecular complexity index is 773. The highest BCUT2D eigenvalue weighted by Gasteiger charge is 2.20. The van der Waals surface area contributed by atoms with Gasteiger partial charge in [-0.2, -0.15) is 0 Å². The first-order chi connectivity index (χ1) is 9.33. The summed E-state index contributed by atoms with van der Waals surface area (Å²) in [4.78, 5) is 12.1. The smallest absolute Gasteiger partial charge is 0.220 e. The second-order valence-electron chi connectivity index (χ2n) is 4.98. The number of anilines is 1. The van der Waals surface area contributed by atoms with Gasteiger partial charge in [0.05, 0.1) is 5.69 Å². The summed E-state index contributed by atoms with van der Waals surface area (Å²) in [5.74, 6) is 0.344. The van der Waals surface area contributed by atoms with Crippen LogP contribution in [0.5, 0.6) is 0 Å². The first-order valence-electron chi connectivity index (χ1n) is 6.54. The van der Waals surface area contributed by atoms with Crippen LogP contribution in [-0.2, 0) is 12.8 Å². The first kappa shape index (κ1) is 10.6. The Labute approximate surface area is 110 Å². The summed E-state index contributed by atoms with van der Waals surface area (Å²) in [6.45, 7) is 0. The van der Waals surface area contributed by atoms with Gasteiger partial charge in [-0.05, 0) is 30.9 Å². The SMILES string of the molecule is Nc1ncc2c(n1)-c1c([nH]c3ccccc13)CCC2. The number of rotatable bonds is 0. The number of nitrogens with zero attached hydrogens (tertiary/aromatic N) is 2. The quantitative estimate of drug-likeness (QED) is 0.644. The van der Waals surface area contributed by atoms with Crippen molar-refractivity contribution in [1.82, 2.24) is 15.0 Å². The fraction of sp³-hybridized carbons (Fsp3) is 0.200. The number of aryl methyl sites for hydroxylation is 2. The van der Waals surface area contributed by atoms with Crippen LogP contribution in [0.1, 0.15) is 17.7 Å². The van der Waals surface area contributed by atoms with Gasteiger partial charge in [-0.1, -0.05) is 18.2 Å². The zero-order chi connectivity index (χ0) is 12.8. The van der Waals surface area contributed by atoms with Crippen molar-refractivity contribution in [3.05, 3.63) is 41.7 Å². The Morgan fingerprint density at radius 2 is 2.05 bits per heavy atom. The van der Waals surface area contributed by atoms with Crippen molar-refractivity contribution < 1.29 is 0 Å². The molecule has 2 aromatic heterocycles. The van der Waals surface area contributed by atoms with E-state index in [9.17, 15) is 0 Å². The lowest BCUT2D eigenvalue weighted by Crippen LogP contribution is -1.99. The summed E-state index contributed by atoms with van der Waals surface area (Å²) < 4.78 is 0. The standard InChI is InChI=1S/C15H14N4/c16-15-17-8-9-4-3-7-12-13(14(9)19-15)10-5-1-2-6-11(10)18-12/h1-2,5-6,8,18H,3-4,7H2,(H2,16,17,19). The molecular formula is C15H14N4. The maximum atomic E-state index is 5.77. The number of aromatic nitrogens is 3. The van der Waals surface area contributed by atoms with Gasteiger partial charge in [0.1, 0.15) is 0 Å². The van der Waals surface area contributed by atoms with Crippen LogP contribution in [0.3, 0.4) is 0 Å². The van der Waals surface area contributed by atoms with Gasteiger partial charge >= 0.3 is 0 Å². The van der Waals surface area contributed by atoms with Crippen LogP contribution in [-0.4, -0.2) is 15.0 Å². The van der Waals surface area contributed by atoms with Crippen LogP contribution >= 0.6 is 0 Å². The van der Waals surface area contributed by atoms with Gasteiger partial charge in [-0.15, -0.1) is 0 Å². The van der Waals surface area contributed by atoms with Crippen LogP contribution in [0.15, 0.2) is 30.5 Å². The van der Waals surface area contributed by atoms with Crippen LogP contribution in [0, 0.1) is 0 Å². The molecule has 0 saturated carbocycles. The van der Waals surface area contributed by atoms with E-state index in [0.29, 0.717) is 5.95 Å². The molecule has 0 spiro atoms. The Morgan fingerprint density at radius 1 is 1.16 bits per heavy atom. The van der Waals surface area contributed by atoms with E-state index in [1.165, 1.54) is 22.2 Å². The third kappa shape index (κ3) is 1.53. The predicted octanol–water partition coefficient (Wildman–Crippen LogP) is 2.70. The van der Waals surface area contributed by atoms with Gasteiger partial charge in [0.15, 0.2) is 0 Å². The molecule has 19 heavy (non-hydrogen) atoms. The molecule has 94 valence electrons. The topological polar surface area (TPSA) is 67.6 Å².